The van der Waals surface area contributed by atoms with Gasteiger partial charge in [0, 0.05) is 44.8 Å². The van der Waals surface area contributed by atoms with Crippen molar-refractivity contribution < 1.29 is 27.5 Å². The average Bonchev–Trinajstić information content (AvgIpc) is 3.60. The monoisotopic (exact) mass is 632 g/mol. The third kappa shape index (κ3) is 6.17. The molecule has 0 radical (unpaired) electrons. The van der Waals surface area contributed by atoms with Crippen LogP contribution in [0, 0.1) is 0 Å². The van der Waals surface area contributed by atoms with Crippen molar-refractivity contribution >= 4 is 27.7 Å². The Hall–Kier alpha value is -5.02. The van der Waals surface area contributed by atoms with Gasteiger partial charge in [0.1, 0.15) is 30.9 Å². The molecule has 2 aromatic carbocycles. The van der Waals surface area contributed by atoms with Gasteiger partial charge in [-0.15, -0.1) is 0 Å². The lowest BCUT2D eigenvalue weighted by Gasteiger charge is -2.47. The van der Waals surface area contributed by atoms with Gasteiger partial charge in [-0.05, 0) is 42.3 Å². The van der Waals surface area contributed by atoms with Crippen LogP contribution in [-0.2, 0) is 26.0 Å². The molecule has 0 saturated carbocycles. The predicted octanol–water partition coefficient (Wildman–Crippen LogP) is 0.918. The van der Waals surface area contributed by atoms with Crippen molar-refractivity contribution in [2.75, 3.05) is 44.3 Å². The van der Waals surface area contributed by atoms with Crippen LogP contribution in [0.5, 0.6) is 11.5 Å². The van der Waals surface area contributed by atoms with Crippen LogP contribution in [0.3, 0.4) is 0 Å². The number of hydrogen-bond donors (Lipinski definition) is 2. The van der Waals surface area contributed by atoms with Gasteiger partial charge in [-0.25, -0.2) is 18.4 Å². The summed E-state index contributed by atoms with van der Waals surface area (Å²) < 4.78 is 41.8. The zero-order valence-corrected chi connectivity index (χ0v) is 25.1. The molecule has 3 N–H and O–H groups in total. The first-order valence-electron chi connectivity index (χ1n) is 14.4. The topological polar surface area (TPSA) is 175 Å². The number of sulfonamides is 1. The summed E-state index contributed by atoms with van der Waals surface area (Å²) in [5, 5.41) is 2.84. The molecule has 0 bridgehead atoms. The first-order valence-corrected chi connectivity index (χ1v) is 15.8. The van der Waals surface area contributed by atoms with Gasteiger partial charge in [0.2, 0.25) is 27.8 Å². The summed E-state index contributed by atoms with van der Waals surface area (Å²) in [6, 6.07) is 15.0. The van der Waals surface area contributed by atoms with Gasteiger partial charge in [0.05, 0.1) is 11.3 Å². The molecule has 2 aliphatic rings. The number of imidazole rings is 1. The second kappa shape index (κ2) is 12.5. The lowest BCUT2D eigenvalue weighted by molar-refractivity contribution is -0.134. The Morgan fingerprint density at radius 3 is 2.56 bits per heavy atom. The molecule has 2 aromatic heterocycles. The van der Waals surface area contributed by atoms with Crippen LogP contribution in [0.15, 0.2) is 84.4 Å². The second-order valence-electron chi connectivity index (χ2n) is 10.6. The number of carbonyl (C=O) groups excluding carboxylic acids is 2. The molecule has 6 rings (SSSR count). The van der Waals surface area contributed by atoms with Gasteiger partial charge in [-0.2, -0.15) is 9.29 Å². The van der Waals surface area contributed by atoms with E-state index in [4.69, 9.17) is 15.2 Å². The zero-order chi connectivity index (χ0) is 31.4. The number of nitrogens with one attached hydrogen (secondary N) is 1. The molecule has 15 heteroatoms. The van der Waals surface area contributed by atoms with Gasteiger partial charge in [-0.1, -0.05) is 24.3 Å². The van der Waals surface area contributed by atoms with Gasteiger partial charge < -0.3 is 25.4 Å². The van der Waals surface area contributed by atoms with E-state index in [1.165, 1.54) is 12.1 Å². The van der Waals surface area contributed by atoms with Crippen molar-refractivity contribution in [3.8, 4) is 17.4 Å². The molecular formula is C30H32N8O6S. The normalized spacial score (nSPS) is 18.4. The Bertz CT molecular complexity index is 1790. The minimum atomic E-state index is -4.23. The van der Waals surface area contributed by atoms with E-state index in [9.17, 15) is 18.0 Å². The fourth-order valence-electron chi connectivity index (χ4n) is 5.53. The molecule has 2 amide bonds. The number of ether oxygens (including phenoxy) is 2. The molecule has 4 aromatic rings. The van der Waals surface area contributed by atoms with E-state index in [1.807, 2.05) is 18.2 Å². The lowest BCUT2D eigenvalue weighted by Crippen LogP contribution is -2.70. The van der Waals surface area contributed by atoms with E-state index >= 15 is 0 Å². The van der Waals surface area contributed by atoms with E-state index in [2.05, 4.69) is 20.3 Å². The summed E-state index contributed by atoms with van der Waals surface area (Å²) in [6.07, 6.45) is 6.36. The first kappa shape index (κ1) is 30.0. The van der Waals surface area contributed by atoms with Crippen LogP contribution < -0.4 is 25.4 Å². The highest BCUT2D eigenvalue weighted by Gasteiger charge is 2.53. The summed E-state index contributed by atoms with van der Waals surface area (Å²) in [5.74, 6) is 0.615. The third-order valence-corrected chi connectivity index (χ3v) is 9.76. The molecule has 1 saturated heterocycles. The summed E-state index contributed by atoms with van der Waals surface area (Å²) in [4.78, 5) is 41.5. The number of nitrogens with zero attached hydrogens (tertiary/aromatic N) is 6. The van der Waals surface area contributed by atoms with Gasteiger partial charge >= 0.3 is 0 Å². The average molecular weight is 633 g/mol. The maximum atomic E-state index is 14.0. The fraction of sp³-hybridized carbons (Fsp3) is 0.300. The van der Waals surface area contributed by atoms with E-state index in [1.54, 1.807) is 58.7 Å². The van der Waals surface area contributed by atoms with Crippen LogP contribution in [0.2, 0.25) is 0 Å². The van der Waals surface area contributed by atoms with Crippen LogP contribution >= 0.6 is 0 Å². The van der Waals surface area contributed by atoms with E-state index < -0.39 is 33.8 Å². The number of anilines is 1. The number of primary amides is 1. The zero-order valence-electron chi connectivity index (χ0n) is 24.3. The summed E-state index contributed by atoms with van der Waals surface area (Å²) >= 11 is 0. The van der Waals surface area contributed by atoms with Gasteiger partial charge in [-0.3, -0.25) is 14.2 Å². The highest BCUT2D eigenvalue weighted by molar-refractivity contribution is 7.89. The maximum Gasteiger partial charge on any atom is 0.244 e. The Morgan fingerprint density at radius 1 is 1.00 bits per heavy atom. The third-order valence-electron chi connectivity index (χ3n) is 7.78. The molecule has 2 aliphatic heterocycles. The van der Waals surface area contributed by atoms with E-state index in [0.717, 1.165) is 9.87 Å². The number of piperazine rings is 1. The Kier molecular flexibility index (Phi) is 8.36. The summed E-state index contributed by atoms with van der Waals surface area (Å²) in [7, 11) is -4.23. The lowest BCUT2D eigenvalue weighted by atomic mass is 9.90. The number of aromatic nitrogens is 4. The van der Waals surface area contributed by atoms with Crippen molar-refractivity contribution in [1.29, 1.82) is 0 Å². The molecule has 45 heavy (non-hydrogen) atoms. The van der Waals surface area contributed by atoms with Crippen LogP contribution in [0.1, 0.15) is 12.0 Å². The molecule has 234 valence electrons. The maximum absolute atomic E-state index is 14.0. The summed E-state index contributed by atoms with van der Waals surface area (Å²) in [5.41, 5.74) is 5.02. The van der Waals surface area contributed by atoms with Crippen molar-refractivity contribution in [1.82, 2.24) is 29.1 Å². The summed E-state index contributed by atoms with van der Waals surface area (Å²) in [6.45, 7) is 1.05. The highest BCUT2D eigenvalue weighted by atomic mass is 32.2. The largest absolute Gasteiger partial charge is 0.486 e. The highest BCUT2D eigenvalue weighted by Crippen LogP contribution is 2.34. The Labute approximate surface area is 259 Å². The SMILES string of the molecule is NC(=O)C1(CC(=O)NCCc2ccc3c(c2)OCCO3)CN(c2ccnc(-n3ccnc3)n2)CCN1S(=O)(=O)c1ccccc1. The van der Waals surface area contributed by atoms with Crippen LogP contribution in [0.4, 0.5) is 5.82 Å². The van der Waals surface area contributed by atoms with Gasteiger partial charge in [0.25, 0.3) is 0 Å². The molecule has 4 heterocycles. The smallest absolute Gasteiger partial charge is 0.244 e. The molecule has 1 atom stereocenters. The Balaban J connectivity index is 1.26. The van der Waals surface area contributed by atoms with Crippen molar-refractivity contribution in [2.24, 2.45) is 5.73 Å². The Morgan fingerprint density at radius 2 is 1.80 bits per heavy atom. The number of carbonyl (C=O) groups is 2. The molecule has 1 unspecified atom stereocenters. The minimum absolute atomic E-state index is 0.00692. The number of amides is 2. The number of fused-ring (bicyclic) bond motifs is 1. The quantitative estimate of drug-likeness (QED) is 0.256. The number of benzene rings is 2. The molecule has 0 spiro atoms. The van der Waals surface area contributed by atoms with E-state index in [-0.39, 0.29) is 31.1 Å². The molecular weight excluding hydrogens is 600 g/mol. The van der Waals surface area contributed by atoms with Crippen molar-refractivity contribution in [3.05, 3.63) is 85.1 Å². The number of rotatable bonds is 10. The number of hydrogen-bond acceptors (Lipinski definition) is 10. The fourth-order valence-corrected chi connectivity index (χ4v) is 7.28. The molecule has 14 nitrogen and oxygen atoms in total. The molecule has 0 aliphatic carbocycles. The standard InChI is InChI=1S/C30H32N8O6S/c31-28(40)30(19-27(39)33-10-8-22-6-7-24-25(18-22)44-17-16-43-24)20-36(26-9-11-34-29(35-26)37-13-12-32-21-37)14-15-38(30)45(41,42)23-4-2-1-3-5-23/h1-7,9,11-13,18,21H,8,10,14-17,19-20H2,(H2,31,40)(H,33,39). The predicted molar refractivity (Wildman–Crippen MR) is 162 cm³/mol. The first-order chi connectivity index (χ1) is 21.8. The van der Waals surface area contributed by atoms with Crippen LogP contribution in [-0.4, -0.2) is 89.0 Å². The number of nitrogens with two attached hydrogens (primary N) is 1. The van der Waals surface area contributed by atoms with Gasteiger partial charge in [0.15, 0.2) is 11.5 Å². The second-order valence-corrected chi connectivity index (χ2v) is 12.5. The minimum Gasteiger partial charge on any atom is -0.486 e. The van der Waals surface area contributed by atoms with Crippen molar-refractivity contribution in [2.45, 2.75) is 23.3 Å². The van der Waals surface area contributed by atoms with E-state index in [0.29, 0.717) is 42.9 Å². The van der Waals surface area contributed by atoms with Crippen molar-refractivity contribution in [3.63, 3.8) is 0 Å². The van der Waals surface area contributed by atoms with Crippen LogP contribution in [0.25, 0.3) is 5.95 Å². The molecule has 1 fully saturated rings.